The molecule has 3 N–H and O–H groups in total. The van der Waals surface area contributed by atoms with Crippen molar-refractivity contribution in [1.29, 1.82) is 0 Å². The van der Waals surface area contributed by atoms with Gasteiger partial charge in [0.05, 0.1) is 6.61 Å². The van der Waals surface area contributed by atoms with Crippen LogP contribution < -0.4 is 15.8 Å². The van der Waals surface area contributed by atoms with Crippen molar-refractivity contribution in [3.63, 3.8) is 0 Å². The molecule has 0 spiro atoms. The van der Waals surface area contributed by atoms with Crippen molar-refractivity contribution < 1.29 is 9.53 Å². The number of nitrogens with two attached hydrogens (primary N) is 1. The van der Waals surface area contributed by atoms with Crippen LogP contribution in [-0.2, 0) is 11.2 Å². The first kappa shape index (κ1) is 12.9. The first-order chi connectivity index (χ1) is 8.44. The summed E-state index contributed by atoms with van der Waals surface area (Å²) in [4.78, 5) is 11.8. The van der Waals surface area contributed by atoms with Crippen LogP contribution in [0.1, 0.15) is 32.3 Å². The van der Waals surface area contributed by atoms with Gasteiger partial charge in [-0.3, -0.25) is 4.79 Å². The lowest BCUT2D eigenvalue weighted by atomic mass is 10.00. The minimum absolute atomic E-state index is 0.00684. The van der Waals surface area contributed by atoms with E-state index in [0.717, 1.165) is 30.0 Å². The Kier molecular flexibility index (Phi) is 3.57. The Balaban J connectivity index is 1.91. The summed E-state index contributed by atoms with van der Waals surface area (Å²) in [6.45, 7) is 4.58. The van der Waals surface area contributed by atoms with Gasteiger partial charge in [0.2, 0.25) is 5.91 Å². The Bertz CT molecular complexity index is 450. The third kappa shape index (κ3) is 3.47. The Morgan fingerprint density at radius 1 is 1.50 bits per heavy atom. The number of hydrogen-bond acceptors (Lipinski definition) is 3. The highest BCUT2D eigenvalue weighted by Crippen LogP contribution is 2.27. The molecule has 0 saturated heterocycles. The van der Waals surface area contributed by atoms with Crippen molar-refractivity contribution in [3.8, 4) is 5.75 Å². The zero-order valence-corrected chi connectivity index (χ0v) is 11.0. The summed E-state index contributed by atoms with van der Waals surface area (Å²) in [7, 11) is 0. The Morgan fingerprint density at radius 2 is 2.28 bits per heavy atom. The minimum Gasteiger partial charge on any atom is -0.493 e. The molecule has 1 aromatic carbocycles. The van der Waals surface area contributed by atoms with E-state index >= 15 is 0 Å². The van der Waals surface area contributed by atoms with Gasteiger partial charge in [-0.2, -0.15) is 0 Å². The molecule has 0 bridgehead atoms. The van der Waals surface area contributed by atoms with Crippen LogP contribution in [0.25, 0.3) is 0 Å². The number of fused-ring (bicyclic) bond motifs is 1. The highest BCUT2D eigenvalue weighted by atomic mass is 16.5. The standard InChI is InChI=1S/C14H20N2O2/c1-14(2,15)7-5-13(17)16-11-3-4-12-10(9-11)6-8-18-12/h3-4,9H,5-8,15H2,1-2H3,(H,16,17). The molecule has 98 valence electrons. The predicted molar refractivity (Wildman–Crippen MR) is 71.8 cm³/mol. The fourth-order valence-corrected chi connectivity index (χ4v) is 1.92. The highest BCUT2D eigenvalue weighted by Gasteiger charge is 2.15. The lowest BCUT2D eigenvalue weighted by Crippen LogP contribution is -2.33. The fraction of sp³-hybridized carbons (Fsp3) is 0.500. The van der Waals surface area contributed by atoms with Crippen molar-refractivity contribution in [1.82, 2.24) is 0 Å². The highest BCUT2D eigenvalue weighted by molar-refractivity contribution is 5.90. The summed E-state index contributed by atoms with van der Waals surface area (Å²) in [5, 5.41) is 2.89. The Morgan fingerprint density at radius 3 is 3.00 bits per heavy atom. The van der Waals surface area contributed by atoms with Crippen molar-refractivity contribution in [2.45, 2.75) is 38.6 Å². The average Bonchev–Trinajstić information content (AvgIpc) is 2.72. The summed E-state index contributed by atoms with van der Waals surface area (Å²) < 4.78 is 5.42. The lowest BCUT2D eigenvalue weighted by Gasteiger charge is -2.17. The number of rotatable bonds is 4. The Labute approximate surface area is 108 Å². The van der Waals surface area contributed by atoms with Gasteiger partial charge in [-0.05, 0) is 44.0 Å². The fourth-order valence-electron chi connectivity index (χ4n) is 1.92. The van der Waals surface area contributed by atoms with E-state index in [1.54, 1.807) is 0 Å². The molecule has 4 nitrogen and oxygen atoms in total. The van der Waals surface area contributed by atoms with Gasteiger partial charge < -0.3 is 15.8 Å². The van der Waals surface area contributed by atoms with E-state index < -0.39 is 0 Å². The number of amides is 1. The summed E-state index contributed by atoms with van der Waals surface area (Å²) in [6, 6.07) is 5.76. The molecule has 4 heteroatoms. The van der Waals surface area contributed by atoms with E-state index in [1.807, 2.05) is 32.0 Å². The number of benzene rings is 1. The van der Waals surface area contributed by atoms with Crippen LogP contribution in [0.2, 0.25) is 0 Å². The smallest absolute Gasteiger partial charge is 0.224 e. The van der Waals surface area contributed by atoms with Crippen LogP contribution in [0.15, 0.2) is 18.2 Å². The van der Waals surface area contributed by atoms with Gasteiger partial charge >= 0.3 is 0 Å². The Hall–Kier alpha value is -1.55. The maximum Gasteiger partial charge on any atom is 0.224 e. The second-order valence-corrected chi connectivity index (χ2v) is 5.46. The van der Waals surface area contributed by atoms with E-state index in [0.29, 0.717) is 12.8 Å². The van der Waals surface area contributed by atoms with E-state index in [9.17, 15) is 4.79 Å². The van der Waals surface area contributed by atoms with Gasteiger partial charge in [-0.25, -0.2) is 0 Å². The van der Waals surface area contributed by atoms with E-state index in [2.05, 4.69) is 5.32 Å². The normalized spacial score (nSPS) is 13.9. The molecule has 0 unspecified atom stereocenters. The van der Waals surface area contributed by atoms with Crippen LogP contribution in [0.5, 0.6) is 5.75 Å². The number of nitrogens with one attached hydrogen (secondary N) is 1. The van der Waals surface area contributed by atoms with Crippen molar-refractivity contribution in [3.05, 3.63) is 23.8 Å². The molecule has 0 aromatic heterocycles. The van der Waals surface area contributed by atoms with Crippen LogP contribution in [0.4, 0.5) is 5.69 Å². The average molecular weight is 248 g/mol. The molecule has 1 aliphatic rings. The van der Waals surface area contributed by atoms with Crippen LogP contribution in [0.3, 0.4) is 0 Å². The molecule has 0 fully saturated rings. The first-order valence-electron chi connectivity index (χ1n) is 6.28. The quantitative estimate of drug-likeness (QED) is 0.857. The largest absolute Gasteiger partial charge is 0.493 e. The molecule has 0 saturated carbocycles. The zero-order chi connectivity index (χ0) is 13.2. The van der Waals surface area contributed by atoms with Crippen LogP contribution in [0, 0.1) is 0 Å². The van der Waals surface area contributed by atoms with Gasteiger partial charge in [0.15, 0.2) is 0 Å². The number of carbonyl (C=O) groups excluding carboxylic acids is 1. The van der Waals surface area contributed by atoms with Gasteiger partial charge in [-0.15, -0.1) is 0 Å². The predicted octanol–water partition coefficient (Wildman–Crippen LogP) is 2.08. The topological polar surface area (TPSA) is 64.4 Å². The molecule has 1 amide bonds. The molecular weight excluding hydrogens is 228 g/mol. The summed E-state index contributed by atoms with van der Waals surface area (Å²) in [5.74, 6) is 0.934. The molecule has 18 heavy (non-hydrogen) atoms. The van der Waals surface area contributed by atoms with Gasteiger partial charge in [0, 0.05) is 24.1 Å². The van der Waals surface area contributed by atoms with Crippen molar-refractivity contribution in [2.75, 3.05) is 11.9 Å². The van der Waals surface area contributed by atoms with Crippen molar-refractivity contribution in [2.24, 2.45) is 5.73 Å². The molecular formula is C14H20N2O2. The third-order valence-corrected chi connectivity index (χ3v) is 2.97. The maximum atomic E-state index is 11.8. The van der Waals surface area contributed by atoms with Gasteiger partial charge in [0.1, 0.15) is 5.75 Å². The van der Waals surface area contributed by atoms with Gasteiger partial charge in [0.25, 0.3) is 0 Å². The lowest BCUT2D eigenvalue weighted by molar-refractivity contribution is -0.116. The summed E-state index contributed by atoms with van der Waals surface area (Å²) >= 11 is 0. The third-order valence-electron chi connectivity index (χ3n) is 2.97. The number of anilines is 1. The molecule has 1 aromatic rings. The maximum absolute atomic E-state index is 11.8. The molecule has 2 rings (SSSR count). The second kappa shape index (κ2) is 4.98. The SMILES string of the molecule is CC(C)(N)CCC(=O)Nc1ccc2c(c1)CCO2. The summed E-state index contributed by atoms with van der Waals surface area (Å²) in [5.41, 5.74) is 7.54. The number of ether oxygens (including phenoxy) is 1. The monoisotopic (exact) mass is 248 g/mol. The second-order valence-electron chi connectivity index (χ2n) is 5.46. The molecule has 1 aliphatic heterocycles. The zero-order valence-electron chi connectivity index (χ0n) is 11.0. The first-order valence-corrected chi connectivity index (χ1v) is 6.28. The minimum atomic E-state index is -0.302. The van der Waals surface area contributed by atoms with E-state index in [4.69, 9.17) is 10.5 Å². The van der Waals surface area contributed by atoms with E-state index in [1.165, 1.54) is 0 Å². The van der Waals surface area contributed by atoms with Crippen molar-refractivity contribution >= 4 is 11.6 Å². The number of carbonyl (C=O) groups is 1. The molecule has 0 atom stereocenters. The van der Waals surface area contributed by atoms with Gasteiger partial charge in [-0.1, -0.05) is 0 Å². The van der Waals surface area contributed by atoms with Crippen LogP contribution in [-0.4, -0.2) is 18.1 Å². The molecule has 0 radical (unpaired) electrons. The van der Waals surface area contributed by atoms with Crippen LogP contribution >= 0.6 is 0 Å². The molecule has 1 heterocycles. The van der Waals surface area contributed by atoms with E-state index in [-0.39, 0.29) is 11.4 Å². The number of hydrogen-bond donors (Lipinski definition) is 2. The summed E-state index contributed by atoms with van der Waals surface area (Å²) in [6.07, 6.45) is 2.03. The molecule has 0 aliphatic carbocycles.